The standard InChI is InChI=1S/C15H17N3O3/c1-20-9-10-5-3-4-6-13(10)18-14-12(15(19)21-2)7-11(16)8-17-14/h3-8H,9,16H2,1-2H3,(H,17,18). The van der Waals surface area contributed by atoms with Crippen molar-refractivity contribution in [3.05, 3.63) is 47.7 Å². The quantitative estimate of drug-likeness (QED) is 0.821. The Bertz CT molecular complexity index is 644. The summed E-state index contributed by atoms with van der Waals surface area (Å²) < 4.78 is 9.90. The zero-order chi connectivity index (χ0) is 15.2. The van der Waals surface area contributed by atoms with Crippen LogP contribution in [0.25, 0.3) is 0 Å². The molecule has 1 heterocycles. The van der Waals surface area contributed by atoms with Gasteiger partial charge in [-0.05, 0) is 12.1 Å². The molecule has 0 spiro atoms. The number of hydrogen-bond acceptors (Lipinski definition) is 6. The molecule has 2 aromatic rings. The first kappa shape index (κ1) is 14.8. The van der Waals surface area contributed by atoms with Crippen LogP contribution in [0.3, 0.4) is 0 Å². The molecule has 0 aliphatic carbocycles. The van der Waals surface area contributed by atoms with Crippen molar-refractivity contribution < 1.29 is 14.3 Å². The third-order valence-corrected chi connectivity index (χ3v) is 2.88. The molecule has 1 aromatic carbocycles. The number of carbonyl (C=O) groups is 1. The van der Waals surface area contributed by atoms with E-state index in [4.69, 9.17) is 15.2 Å². The molecule has 0 atom stereocenters. The summed E-state index contributed by atoms with van der Waals surface area (Å²) >= 11 is 0. The van der Waals surface area contributed by atoms with E-state index in [9.17, 15) is 4.79 Å². The minimum Gasteiger partial charge on any atom is -0.465 e. The van der Waals surface area contributed by atoms with Crippen LogP contribution in [-0.4, -0.2) is 25.2 Å². The van der Waals surface area contributed by atoms with Crippen LogP contribution in [0.1, 0.15) is 15.9 Å². The van der Waals surface area contributed by atoms with Crippen LogP contribution in [0, 0.1) is 0 Å². The maximum Gasteiger partial charge on any atom is 0.341 e. The Balaban J connectivity index is 2.38. The number of rotatable bonds is 5. The lowest BCUT2D eigenvalue weighted by atomic mass is 10.1. The van der Waals surface area contributed by atoms with Gasteiger partial charge in [-0.1, -0.05) is 18.2 Å². The smallest absolute Gasteiger partial charge is 0.341 e. The van der Waals surface area contributed by atoms with Crippen molar-refractivity contribution in [3.8, 4) is 0 Å². The number of nitrogen functional groups attached to an aromatic ring is 1. The number of para-hydroxylation sites is 1. The van der Waals surface area contributed by atoms with Crippen LogP contribution in [0.4, 0.5) is 17.2 Å². The van der Waals surface area contributed by atoms with Gasteiger partial charge in [0, 0.05) is 18.4 Å². The van der Waals surface area contributed by atoms with E-state index in [0.29, 0.717) is 18.1 Å². The average molecular weight is 287 g/mol. The Morgan fingerprint density at radius 3 is 2.81 bits per heavy atom. The second-order valence-corrected chi connectivity index (χ2v) is 4.37. The van der Waals surface area contributed by atoms with Crippen LogP contribution in [0.15, 0.2) is 36.5 Å². The number of aromatic nitrogens is 1. The maximum absolute atomic E-state index is 11.8. The van der Waals surface area contributed by atoms with E-state index < -0.39 is 5.97 Å². The molecule has 6 heteroatoms. The van der Waals surface area contributed by atoms with Gasteiger partial charge in [-0.3, -0.25) is 0 Å². The van der Waals surface area contributed by atoms with E-state index in [0.717, 1.165) is 11.3 Å². The number of esters is 1. The minimum atomic E-state index is -0.499. The van der Waals surface area contributed by atoms with E-state index >= 15 is 0 Å². The lowest BCUT2D eigenvalue weighted by Gasteiger charge is -2.13. The average Bonchev–Trinajstić information content (AvgIpc) is 2.50. The van der Waals surface area contributed by atoms with Crippen molar-refractivity contribution in [3.63, 3.8) is 0 Å². The van der Waals surface area contributed by atoms with Gasteiger partial charge in [0.2, 0.25) is 0 Å². The number of pyridine rings is 1. The molecule has 0 unspecified atom stereocenters. The monoisotopic (exact) mass is 287 g/mol. The number of nitrogens with two attached hydrogens (primary N) is 1. The third-order valence-electron chi connectivity index (χ3n) is 2.88. The minimum absolute atomic E-state index is 0.282. The van der Waals surface area contributed by atoms with E-state index in [2.05, 4.69) is 10.3 Å². The molecular weight excluding hydrogens is 270 g/mol. The van der Waals surface area contributed by atoms with Gasteiger partial charge in [-0.25, -0.2) is 9.78 Å². The number of methoxy groups -OCH3 is 2. The number of nitrogens with zero attached hydrogens (tertiary/aromatic N) is 1. The van der Waals surface area contributed by atoms with Crippen molar-refractivity contribution in [2.75, 3.05) is 25.3 Å². The summed E-state index contributed by atoms with van der Waals surface area (Å²) in [6, 6.07) is 9.14. The van der Waals surface area contributed by atoms with Gasteiger partial charge in [-0.15, -0.1) is 0 Å². The number of anilines is 3. The molecule has 0 saturated heterocycles. The predicted octanol–water partition coefficient (Wildman–Crippen LogP) is 2.34. The molecule has 0 aliphatic rings. The Morgan fingerprint density at radius 1 is 1.33 bits per heavy atom. The fourth-order valence-corrected chi connectivity index (χ4v) is 1.90. The molecule has 0 amide bonds. The van der Waals surface area contributed by atoms with E-state index in [1.165, 1.54) is 19.4 Å². The fraction of sp³-hybridized carbons (Fsp3) is 0.200. The lowest BCUT2D eigenvalue weighted by molar-refractivity contribution is 0.0601. The Hall–Kier alpha value is -2.60. The Morgan fingerprint density at radius 2 is 2.10 bits per heavy atom. The van der Waals surface area contributed by atoms with Crippen molar-refractivity contribution in [2.45, 2.75) is 6.61 Å². The van der Waals surface area contributed by atoms with Gasteiger partial charge in [0.05, 0.1) is 25.6 Å². The molecule has 21 heavy (non-hydrogen) atoms. The maximum atomic E-state index is 11.8. The van der Waals surface area contributed by atoms with Crippen LogP contribution < -0.4 is 11.1 Å². The summed E-state index contributed by atoms with van der Waals surface area (Å²) in [5.41, 5.74) is 8.11. The Labute approximate surface area is 122 Å². The third kappa shape index (κ3) is 3.49. The Kier molecular flexibility index (Phi) is 4.73. The van der Waals surface area contributed by atoms with Gasteiger partial charge < -0.3 is 20.5 Å². The molecule has 6 nitrogen and oxygen atoms in total. The van der Waals surface area contributed by atoms with Crippen LogP contribution in [0.2, 0.25) is 0 Å². The van der Waals surface area contributed by atoms with E-state index in [1.54, 1.807) is 7.11 Å². The lowest BCUT2D eigenvalue weighted by Crippen LogP contribution is -2.09. The van der Waals surface area contributed by atoms with Crippen LogP contribution in [0.5, 0.6) is 0 Å². The highest BCUT2D eigenvalue weighted by atomic mass is 16.5. The molecule has 0 fully saturated rings. The van der Waals surface area contributed by atoms with Gasteiger partial charge in [-0.2, -0.15) is 0 Å². The highest BCUT2D eigenvalue weighted by Gasteiger charge is 2.15. The van der Waals surface area contributed by atoms with E-state index in [1.807, 2.05) is 24.3 Å². The number of carbonyl (C=O) groups excluding carboxylic acids is 1. The normalized spacial score (nSPS) is 10.2. The molecule has 0 saturated carbocycles. The number of nitrogens with one attached hydrogen (secondary N) is 1. The first-order valence-corrected chi connectivity index (χ1v) is 6.33. The summed E-state index contributed by atoms with van der Waals surface area (Å²) in [6.07, 6.45) is 1.48. The SMILES string of the molecule is COCc1ccccc1Nc1ncc(N)cc1C(=O)OC. The van der Waals surface area contributed by atoms with Crippen LogP contribution >= 0.6 is 0 Å². The molecule has 0 aliphatic heterocycles. The van der Waals surface area contributed by atoms with Crippen molar-refractivity contribution in [1.29, 1.82) is 0 Å². The summed E-state index contributed by atoms with van der Waals surface area (Å²) in [6.45, 7) is 0.450. The largest absolute Gasteiger partial charge is 0.465 e. The summed E-state index contributed by atoms with van der Waals surface area (Å²) in [7, 11) is 2.94. The molecular formula is C15H17N3O3. The molecule has 1 aromatic heterocycles. The van der Waals surface area contributed by atoms with Crippen molar-refractivity contribution >= 4 is 23.2 Å². The van der Waals surface area contributed by atoms with Gasteiger partial charge in [0.25, 0.3) is 0 Å². The van der Waals surface area contributed by atoms with Crippen molar-refractivity contribution in [2.24, 2.45) is 0 Å². The first-order chi connectivity index (χ1) is 10.2. The summed E-state index contributed by atoms with van der Waals surface area (Å²) in [5, 5.41) is 3.12. The van der Waals surface area contributed by atoms with E-state index in [-0.39, 0.29) is 5.56 Å². The molecule has 0 bridgehead atoms. The number of hydrogen-bond donors (Lipinski definition) is 2. The van der Waals surface area contributed by atoms with Gasteiger partial charge in [0.1, 0.15) is 11.4 Å². The summed E-state index contributed by atoms with van der Waals surface area (Å²) in [4.78, 5) is 16.0. The van der Waals surface area contributed by atoms with Gasteiger partial charge in [0.15, 0.2) is 0 Å². The topological polar surface area (TPSA) is 86.5 Å². The number of ether oxygens (including phenoxy) is 2. The zero-order valence-electron chi connectivity index (χ0n) is 11.9. The molecule has 2 rings (SSSR count). The molecule has 0 radical (unpaired) electrons. The van der Waals surface area contributed by atoms with Crippen LogP contribution in [-0.2, 0) is 16.1 Å². The summed E-state index contributed by atoms with van der Waals surface area (Å²) in [5.74, 6) is -0.110. The number of benzene rings is 1. The van der Waals surface area contributed by atoms with Crippen molar-refractivity contribution in [1.82, 2.24) is 4.98 Å². The first-order valence-electron chi connectivity index (χ1n) is 6.33. The molecule has 3 N–H and O–H groups in total. The zero-order valence-corrected chi connectivity index (χ0v) is 11.9. The fourth-order valence-electron chi connectivity index (χ4n) is 1.90. The second kappa shape index (κ2) is 6.71. The molecule has 110 valence electrons. The van der Waals surface area contributed by atoms with Gasteiger partial charge >= 0.3 is 5.97 Å². The highest BCUT2D eigenvalue weighted by Crippen LogP contribution is 2.24. The highest BCUT2D eigenvalue weighted by molar-refractivity contribution is 5.96. The predicted molar refractivity (Wildman–Crippen MR) is 80.4 cm³/mol. The second-order valence-electron chi connectivity index (χ2n) is 4.37.